The summed E-state index contributed by atoms with van der Waals surface area (Å²) in [6.45, 7) is 2.68. The van der Waals surface area contributed by atoms with Gasteiger partial charge in [-0.3, -0.25) is 4.68 Å². The average Bonchev–Trinajstić information content (AvgIpc) is 2.72. The first-order chi connectivity index (χ1) is 9.15. The number of rotatable bonds is 5. The smallest absolute Gasteiger partial charge is 0.212 e. The summed E-state index contributed by atoms with van der Waals surface area (Å²) in [4.78, 5) is 4.16. The molecule has 2 aromatic rings. The van der Waals surface area contributed by atoms with Gasteiger partial charge in [-0.25, -0.2) is 4.98 Å². The van der Waals surface area contributed by atoms with Gasteiger partial charge in [-0.05, 0) is 12.0 Å². The molecule has 0 aliphatic heterocycles. The van der Waals surface area contributed by atoms with E-state index in [9.17, 15) is 0 Å². The number of hydrogen-bond acceptors (Lipinski definition) is 5. The van der Waals surface area contributed by atoms with Crippen molar-refractivity contribution in [1.29, 1.82) is 0 Å². The highest BCUT2D eigenvalue weighted by molar-refractivity contribution is 5.65. The van der Waals surface area contributed by atoms with Crippen molar-refractivity contribution in [2.75, 3.05) is 18.2 Å². The molecule has 0 amide bonds. The van der Waals surface area contributed by atoms with Crippen LogP contribution in [-0.2, 0) is 20.0 Å². The van der Waals surface area contributed by atoms with E-state index in [4.69, 9.17) is 10.5 Å². The van der Waals surface area contributed by atoms with Crippen LogP contribution in [0.3, 0.4) is 0 Å². The molecule has 2 rings (SSSR count). The van der Waals surface area contributed by atoms with Crippen LogP contribution in [-0.4, -0.2) is 21.9 Å². The molecule has 2 heterocycles. The van der Waals surface area contributed by atoms with Gasteiger partial charge in [-0.2, -0.15) is 5.10 Å². The quantitative estimate of drug-likeness (QED) is 0.854. The summed E-state index contributed by atoms with van der Waals surface area (Å²) in [5.41, 5.74) is 8.73. The molecule has 0 fully saturated rings. The van der Waals surface area contributed by atoms with Crippen LogP contribution in [0, 0.1) is 0 Å². The van der Waals surface area contributed by atoms with E-state index in [-0.39, 0.29) is 0 Å². The van der Waals surface area contributed by atoms with Crippen molar-refractivity contribution in [2.24, 2.45) is 7.05 Å². The molecule has 0 unspecified atom stereocenters. The summed E-state index contributed by atoms with van der Waals surface area (Å²) in [5.74, 6) is 1.45. The Morgan fingerprint density at radius 2 is 2.21 bits per heavy atom. The van der Waals surface area contributed by atoms with Crippen LogP contribution in [0.2, 0.25) is 0 Å². The van der Waals surface area contributed by atoms with E-state index in [2.05, 4.69) is 15.4 Å². The van der Waals surface area contributed by atoms with E-state index in [1.165, 1.54) is 0 Å². The van der Waals surface area contributed by atoms with Gasteiger partial charge in [-0.15, -0.1) is 0 Å². The maximum absolute atomic E-state index is 6.04. The maximum Gasteiger partial charge on any atom is 0.212 e. The summed E-state index contributed by atoms with van der Waals surface area (Å²) >= 11 is 0. The number of pyridine rings is 1. The van der Waals surface area contributed by atoms with Crippen LogP contribution >= 0.6 is 0 Å². The predicted octanol–water partition coefficient (Wildman–Crippen LogP) is 1.58. The Hall–Kier alpha value is -2.24. The van der Waals surface area contributed by atoms with Crippen molar-refractivity contribution in [3.63, 3.8) is 0 Å². The minimum Gasteiger partial charge on any atom is -0.481 e. The summed E-state index contributed by atoms with van der Waals surface area (Å²) in [7, 11) is 3.48. The Labute approximate surface area is 112 Å². The number of hydrogen-bond donors (Lipinski definition) is 2. The van der Waals surface area contributed by atoms with E-state index in [1.807, 2.05) is 26.1 Å². The molecule has 102 valence electrons. The number of nitrogens with one attached hydrogen (secondary N) is 1. The first-order valence-electron chi connectivity index (χ1n) is 6.19. The lowest BCUT2D eigenvalue weighted by Crippen LogP contribution is -2.06. The molecule has 3 N–H and O–H groups in total. The summed E-state index contributed by atoms with van der Waals surface area (Å²) in [6.07, 6.45) is 2.60. The molecule has 0 spiro atoms. The summed E-state index contributed by atoms with van der Waals surface area (Å²) in [5, 5.41) is 7.65. The number of aromatic nitrogens is 3. The van der Waals surface area contributed by atoms with Gasteiger partial charge in [0.05, 0.1) is 18.5 Å². The fourth-order valence-electron chi connectivity index (χ4n) is 1.89. The monoisotopic (exact) mass is 261 g/mol. The minimum atomic E-state index is 0.608. The van der Waals surface area contributed by atoms with Crippen molar-refractivity contribution in [1.82, 2.24) is 14.8 Å². The highest BCUT2D eigenvalue weighted by Crippen LogP contribution is 2.22. The second-order valence-corrected chi connectivity index (χ2v) is 4.25. The second kappa shape index (κ2) is 5.60. The van der Waals surface area contributed by atoms with Crippen molar-refractivity contribution >= 4 is 11.5 Å². The van der Waals surface area contributed by atoms with Gasteiger partial charge in [0.2, 0.25) is 5.88 Å². The Balaban J connectivity index is 2.07. The molecular formula is C13H19N5O. The number of methoxy groups -OCH3 is 1. The number of aryl methyl sites for hydroxylation is 2. The van der Waals surface area contributed by atoms with Gasteiger partial charge >= 0.3 is 0 Å². The fraction of sp³-hybridized carbons (Fsp3) is 0.385. The number of nitrogens with zero attached hydrogens (tertiary/aromatic N) is 3. The number of ether oxygens (including phenoxy) is 1. The lowest BCUT2D eigenvalue weighted by atomic mass is 10.2. The molecule has 0 saturated heterocycles. The normalized spacial score (nSPS) is 10.5. The SMILES string of the molecule is CCc1nn(C)c(NCc2ccc(OC)nc2)c1N. The summed E-state index contributed by atoms with van der Waals surface area (Å²) < 4.78 is 6.79. The first kappa shape index (κ1) is 13.2. The molecule has 0 aliphatic rings. The van der Waals surface area contributed by atoms with Gasteiger partial charge in [0, 0.05) is 25.9 Å². The number of anilines is 2. The zero-order valence-corrected chi connectivity index (χ0v) is 11.5. The third-order valence-corrected chi connectivity index (χ3v) is 2.96. The van der Waals surface area contributed by atoms with Gasteiger partial charge in [0.25, 0.3) is 0 Å². The van der Waals surface area contributed by atoms with Crippen molar-refractivity contribution in [3.05, 3.63) is 29.6 Å². The van der Waals surface area contributed by atoms with Gasteiger partial charge in [0.15, 0.2) is 0 Å². The van der Waals surface area contributed by atoms with Gasteiger partial charge in [0.1, 0.15) is 5.82 Å². The lowest BCUT2D eigenvalue weighted by molar-refractivity contribution is 0.397. The molecule has 0 aromatic carbocycles. The highest BCUT2D eigenvalue weighted by atomic mass is 16.5. The Morgan fingerprint density at radius 1 is 1.42 bits per heavy atom. The number of nitrogens with two attached hydrogens (primary N) is 1. The standard InChI is InChI=1S/C13H19N5O/c1-4-10-12(14)13(18(2)17-10)16-8-9-5-6-11(19-3)15-7-9/h5-7,16H,4,8,14H2,1-3H3. The van der Waals surface area contributed by atoms with E-state index >= 15 is 0 Å². The number of nitrogen functional groups attached to an aromatic ring is 1. The molecule has 0 saturated carbocycles. The van der Waals surface area contributed by atoms with Crippen LogP contribution in [0.25, 0.3) is 0 Å². The molecule has 0 aliphatic carbocycles. The average molecular weight is 261 g/mol. The molecule has 0 atom stereocenters. The van der Waals surface area contributed by atoms with E-state index in [1.54, 1.807) is 18.0 Å². The van der Waals surface area contributed by atoms with E-state index in [0.717, 1.165) is 23.5 Å². The van der Waals surface area contributed by atoms with Gasteiger partial charge < -0.3 is 15.8 Å². The topological polar surface area (TPSA) is 78.0 Å². The molecule has 6 heteroatoms. The molecular weight excluding hydrogens is 242 g/mol. The van der Waals surface area contributed by atoms with Crippen LogP contribution < -0.4 is 15.8 Å². The Morgan fingerprint density at radius 3 is 2.74 bits per heavy atom. The molecule has 0 radical (unpaired) electrons. The van der Waals surface area contributed by atoms with Crippen molar-refractivity contribution < 1.29 is 4.74 Å². The Bertz CT molecular complexity index is 547. The predicted molar refractivity (Wildman–Crippen MR) is 75.1 cm³/mol. The minimum absolute atomic E-state index is 0.608. The fourth-order valence-corrected chi connectivity index (χ4v) is 1.89. The van der Waals surface area contributed by atoms with Crippen molar-refractivity contribution in [2.45, 2.75) is 19.9 Å². The molecule has 6 nitrogen and oxygen atoms in total. The van der Waals surface area contributed by atoms with Crippen LogP contribution in [0.1, 0.15) is 18.2 Å². The molecule has 19 heavy (non-hydrogen) atoms. The lowest BCUT2D eigenvalue weighted by Gasteiger charge is -2.08. The molecule has 0 bridgehead atoms. The van der Waals surface area contributed by atoms with E-state index < -0.39 is 0 Å². The third-order valence-electron chi connectivity index (χ3n) is 2.96. The highest BCUT2D eigenvalue weighted by Gasteiger charge is 2.11. The van der Waals surface area contributed by atoms with Crippen LogP contribution in [0.15, 0.2) is 18.3 Å². The van der Waals surface area contributed by atoms with Crippen LogP contribution in [0.5, 0.6) is 5.88 Å². The molecule has 2 aromatic heterocycles. The second-order valence-electron chi connectivity index (χ2n) is 4.25. The summed E-state index contributed by atoms with van der Waals surface area (Å²) in [6, 6.07) is 3.80. The zero-order valence-electron chi connectivity index (χ0n) is 11.5. The Kier molecular flexibility index (Phi) is 3.89. The maximum atomic E-state index is 6.04. The van der Waals surface area contributed by atoms with Crippen molar-refractivity contribution in [3.8, 4) is 5.88 Å². The zero-order chi connectivity index (χ0) is 13.8. The third kappa shape index (κ3) is 2.78. The largest absolute Gasteiger partial charge is 0.481 e. The van der Waals surface area contributed by atoms with Crippen LogP contribution in [0.4, 0.5) is 11.5 Å². The first-order valence-corrected chi connectivity index (χ1v) is 6.19. The van der Waals surface area contributed by atoms with Gasteiger partial charge in [-0.1, -0.05) is 13.0 Å². The van der Waals surface area contributed by atoms with E-state index in [0.29, 0.717) is 18.1 Å².